The van der Waals surface area contributed by atoms with Crippen LogP contribution in [0, 0.1) is 5.82 Å². The smallest absolute Gasteiger partial charge is 0.325 e. The molecule has 0 bridgehead atoms. The van der Waals surface area contributed by atoms with Gasteiger partial charge in [-0.2, -0.15) is 0 Å². The minimum atomic E-state index is -3.92. The standard InChI is InChI=1S/C10H8FNO4S/c11-6-1-2-7-5(3-6)4-8(17(7,15)16)9(12)10(13)14/h1-4,9H,12H2,(H,13,14). The van der Waals surface area contributed by atoms with Crippen LogP contribution in [0.15, 0.2) is 28.0 Å². The quantitative estimate of drug-likeness (QED) is 0.746. The van der Waals surface area contributed by atoms with Crippen molar-refractivity contribution in [3.05, 3.63) is 34.5 Å². The molecule has 0 saturated carbocycles. The highest BCUT2D eigenvalue weighted by Gasteiger charge is 2.36. The summed E-state index contributed by atoms with van der Waals surface area (Å²) in [5, 5.41) is 8.70. The van der Waals surface area contributed by atoms with Gasteiger partial charge in [-0.05, 0) is 29.8 Å². The zero-order chi connectivity index (χ0) is 12.8. The van der Waals surface area contributed by atoms with Crippen LogP contribution < -0.4 is 5.73 Å². The summed E-state index contributed by atoms with van der Waals surface area (Å²) in [7, 11) is -3.92. The van der Waals surface area contributed by atoms with Crippen molar-refractivity contribution in [2.75, 3.05) is 0 Å². The van der Waals surface area contributed by atoms with Gasteiger partial charge in [0, 0.05) is 0 Å². The number of carboxylic acids is 1. The van der Waals surface area contributed by atoms with E-state index < -0.39 is 32.6 Å². The van der Waals surface area contributed by atoms with Gasteiger partial charge in [0.05, 0.1) is 9.80 Å². The lowest BCUT2D eigenvalue weighted by atomic mass is 10.2. The topological polar surface area (TPSA) is 97.5 Å². The third-order valence-corrected chi connectivity index (χ3v) is 4.39. The summed E-state index contributed by atoms with van der Waals surface area (Å²) in [6.07, 6.45) is 1.09. The number of aliphatic carboxylic acids is 1. The van der Waals surface area contributed by atoms with Gasteiger partial charge < -0.3 is 10.8 Å². The molecule has 1 unspecified atom stereocenters. The van der Waals surface area contributed by atoms with E-state index in [4.69, 9.17) is 10.8 Å². The molecule has 1 heterocycles. The number of hydrogen-bond donors (Lipinski definition) is 2. The van der Waals surface area contributed by atoms with Crippen molar-refractivity contribution in [1.82, 2.24) is 0 Å². The van der Waals surface area contributed by atoms with Crippen LogP contribution in [0.2, 0.25) is 0 Å². The van der Waals surface area contributed by atoms with Gasteiger partial charge in [-0.15, -0.1) is 0 Å². The molecule has 1 aromatic carbocycles. The van der Waals surface area contributed by atoms with Crippen LogP contribution in [0.5, 0.6) is 0 Å². The summed E-state index contributed by atoms with van der Waals surface area (Å²) in [4.78, 5) is 10.1. The molecule has 2 rings (SSSR count). The minimum Gasteiger partial charge on any atom is -0.480 e. The van der Waals surface area contributed by atoms with E-state index in [0.29, 0.717) is 0 Å². The van der Waals surface area contributed by atoms with Crippen molar-refractivity contribution in [3.63, 3.8) is 0 Å². The van der Waals surface area contributed by atoms with Crippen molar-refractivity contribution in [3.8, 4) is 0 Å². The highest BCUT2D eigenvalue weighted by atomic mass is 32.2. The Morgan fingerprint density at radius 1 is 1.41 bits per heavy atom. The molecule has 1 aromatic rings. The van der Waals surface area contributed by atoms with Gasteiger partial charge in [0.25, 0.3) is 0 Å². The molecule has 5 nitrogen and oxygen atoms in total. The molecule has 1 atom stereocenters. The van der Waals surface area contributed by atoms with E-state index >= 15 is 0 Å². The summed E-state index contributed by atoms with van der Waals surface area (Å²) >= 11 is 0. The Hall–Kier alpha value is -1.73. The van der Waals surface area contributed by atoms with E-state index in [1.807, 2.05) is 0 Å². The first-order valence-electron chi connectivity index (χ1n) is 4.58. The van der Waals surface area contributed by atoms with Gasteiger partial charge in [0.1, 0.15) is 11.9 Å². The second-order valence-electron chi connectivity index (χ2n) is 3.55. The number of carboxylic acid groups (broad SMARTS) is 1. The van der Waals surface area contributed by atoms with E-state index in [2.05, 4.69) is 0 Å². The van der Waals surface area contributed by atoms with Crippen LogP contribution in [0.25, 0.3) is 6.08 Å². The van der Waals surface area contributed by atoms with Crippen molar-refractivity contribution in [1.29, 1.82) is 0 Å². The average Bonchev–Trinajstić information content (AvgIpc) is 2.48. The van der Waals surface area contributed by atoms with Crippen molar-refractivity contribution < 1.29 is 22.7 Å². The normalized spacial score (nSPS) is 18.4. The Bertz CT molecular complexity index is 636. The van der Waals surface area contributed by atoms with E-state index in [9.17, 15) is 17.6 Å². The lowest BCUT2D eigenvalue weighted by Crippen LogP contribution is -2.34. The molecule has 90 valence electrons. The number of sulfone groups is 1. The first-order valence-corrected chi connectivity index (χ1v) is 6.07. The van der Waals surface area contributed by atoms with Crippen LogP contribution in [0.4, 0.5) is 4.39 Å². The SMILES string of the molecule is NC(C(=O)O)C1=Cc2cc(F)ccc2S1(=O)=O. The van der Waals surface area contributed by atoms with Crippen molar-refractivity contribution >= 4 is 21.9 Å². The fraction of sp³-hybridized carbons (Fsp3) is 0.100. The summed E-state index contributed by atoms with van der Waals surface area (Å²) in [6.45, 7) is 0. The summed E-state index contributed by atoms with van der Waals surface area (Å²) in [6, 6.07) is 1.47. The third-order valence-electron chi connectivity index (χ3n) is 2.44. The van der Waals surface area contributed by atoms with Gasteiger partial charge in [-0.1, -0.05) is 0 Å². The molecular weight excluding hydrogens is 249 g/mol. The largest absolute Gasteiger partial charge is 0.480 e. The molecule has 0 saturated heterocycles. The number of nitrogens with two attached hydrogens (primary N) is 1. The molecule has 1 aliphatic heterocycles. The number of halogens is 1. The van der Waals surface area contributed by atoms with Gasteiger partial charge in [0.2, 0.25) is 9.84 Å². The van der Waals surface area contributed by atoms with Crippen LogP contribution in [0.3, 0.4) is 0 Å². The molecule has 0 spiro atoms. The maximum absolute atomic E-state index is 12.9. The summed E-state index contributed by atoms with van der Waals surface area (Å²) < 4.78 is 36.7. The number of fused-ring (bicyclic) bond motifs is 1. The van der Waals surface area contributed by atoms with Crippen LogP contribution in [-0.2, 0) is 14.6 Å². The Morgan fingerprint density at radius 3 is 2.65 bits per heavy atom. The van der Waals surface area contributed by atoms with Crippen LogP contribution >= 0.6 is 0 Å². The molecule has 0 aromatic heterocycles. The average molecular weight is 257 g/mol. The Balaban J connectivity index is 2.62. The fourth-order valence-electron chi connectivity index (χ4n) is 1.61. The number of benzene rings is 1. The predicted octanol–water partition coefficient (Wildman–Crippen LogP) is 0.366. The van der Waals surface area contributed by atoms with Gasteiger partial charge in [-0.3, -0.25) is 4.79 Å². The highest BCUT2D eigenvalue weighted by Crippen LogP contribution is 2.34. The molecule has 0 radical (unpaired) electrons. The third kappa shape index (κ3) is 1.73. The first kappa shape index (κ1) is 11.7. The Labute approximate surface area is 96.3 Å². The lowest BCUT2D eigenvalue weighted by molar-refractivity contribution is -0.137. The molecule has 0 fully saturated rings. The Morgan fingerprint density at radius 2 is 2.06 bits per heavy atom. The van der Waals surface area contributed by atoms with Crippen molar-refractivity contribution in [2.45, 2.75) is 10.9 Å². The first-order chi connectivity index (χ1) is 7.84. The molecule has 0 amide bonds. The number of rotatable bonds is 2. The monoisotopic (exact) mass is 257 g/mol. The van der Waals surface area contributed by atoms with Crippen LogP contribution in [0.1, 0.15) is 5.56 Å². The molecule has 17 heavy (non-hydrogen) atoms. The minimum absolute atomic E-state index is 0.120. The summed E-state index contributed by atoms with van der Waals surface area (Å²) in [5.74, 6) is -2.05. The maximum atomic E-state index is 12.9. The van der Waals surface area contributed by atoms with E-state index in [1.54, 1.807) is 0 Å². The fourth-order valence-corrected chi connectivity index (χ4v) is 3.26. The van der Waals surface area contributed by atoms with Crippen molar-refractivity contribution in [2.24, 2.45) is 5.73 Å². The summed E-state index contributed by atoms with van der Waals surface area (Å²) in [5.41, 5.74) is 5.40. The second kappa shape index (κ2) is 3.64. The highest BCUT2D eigenvalue weighted by molar-refractivity contribution is 7.96. The second-order valence-corrected chi connectivity index (χ2v) is 5.47. The number of hydrogen-bond acceptors (Lipinski definition) is 4. The molecule has 0 aliphatic carbocycles. The van der Waals surface area contributed by atoms with Crippen LogP contribution in [-0.4, -0.2) is 25.5 Å². The molecule has 7 heteroatoms. The predicted molar refractivity (Wildman–Crippen MR) is 57.2 cm³/mol. The molecular formula is C10H8FNO4S. The van der Waals surface area contributed by atoms with Gasteiger partial charge in [0.15, 0.2) is 0 Å². The van der Waals surface area contributed by atoms with Gasteiger partial charge >= 0.3 is 5.97 Å². The molecule has 3 N–H and O–H groups in total. The zero-order valence-corrected chi connectivity index (χ0v) is 9.24. The molecule has 1 aliphatic rings. The number of carbonyl (C=O) groups is 1. The van der Waals surface area contributed by atoms with E-state index in [-0.39, 0.29) is 10.5 Å². The van der Waals surface area contributed by atoms with Gasteiger partial charge in [-0.25, -0.2) is 12.8 Å². The van der Waals surface area contributed by atoms with E-state index in [1.165, 1.54) is 0 Å². The van der Waals surface area contributed by atoms with E-state index in [0.717, 1.165) is 24.3 Å². The zero-order valence-electron chi connectivity index (χ0n) is 8.42. The Kier molecular flexibility index (Phi) is 2.52. The maximum Gasteiger partial charge on any atom is 0.325 e. The lowest BCUT2D eigenvalue weighted by Gasteiger charge is -2.07.